The number of halogens is 1. The van der Waals surface area contributed by atoms with Crippen molar-refractivity contribution in [2.75, 3.05) is 13.7 Å². The van der Waals surface area contributed by atoms with Crippen molar-refractivity contribution in [2.45, 2.75) is 45.8 Å². The molecule has 0 fully saturated rings. The highest BCUT2D eigenvalue weighted by atomic mass is 35.5. The molecule has 0 spiro atoms. The third-order valence-electron chi connectivity index (χ3n) is 2.77. The molecule has 0 radical (unpaired) electrons. The predicted molar refractivity (Wildman–Crippen MR) is 68.5 cm³/mol. The molecule has 1 aromatic rings. The molecule has 1 aromatic heterocycles. The zero-order valence-electron chi connectivity index (χ0n) is 10.7. The van der Waals surface area contributed by atoms with Crippen LogP contribution >= 0.6 is 11.6 Å². The molecule has 1 heterocycles. The van der Waals surface area contributed by atoms with Crippen molar-refractivity contribution in [3.8, 4) is 0 Å². The molecule has 4 nitrogen and oxygen atoms in total. The Labute approximate surface area is 108 Å². The van der Waals surface area contributed by atoms with Gasteiger partial charge in [0.1, 0.15) is 0 Å². The number of methoxy groups -OCH3 is 1. The third-order valence-corrected chi connectivity index (χ3v) is 3.20. The van der Waals surface area contributed by atoms with E-state index in [0.29, 0.717) is 13.0 Å². The molecule has 1 atom stereocenters. The van der Waals surface area contributed by atoms with E-state index in [-0.39, 0.29) is 0 Å². The smallest absolute Gasteiger partial charge is 0.0849 e. The van der Waals surface area contributed by atoms with E-state index >= 15 is 0 Å². The van der Waals surface area contributed by atoms with Gasteiger partial charge in [0.15, 0.2) is 0 Å². The van der Waals surface area contributed by atoms with Gasteiger partial charge in [0.05, 0.1) is 29.1 Å². The lowest BCUT2D eigenvalue weighted by Crippen LogP contribution is -2.16. The minimum absolute atomic E-state index is 0.360. The van der Waals surface area contributed by atoms with Crippen molar-refractivity contribution in [1.29, 1.82) is 0 Å². The van der Waals surface area contributed by atoms with Crippen molar-refractivity contribution >= 4 is 11.6 Å². The number of nitrogens with zero attached hydrogens (tertiary/aromatic N) is 2. The van der Waals surface area contributed by atoms with Gasteiger partial charge in [0.2, 0.25) is 0 Å². The van der Waals surface area contributed by atoms with Gasteiger partial charge in [-0.15, -0.1) is 0 Å². The van der Waals surface area contributed by atoms with Crippen LogP contribution in [0.2, 0.25) is 5.02 Å². The molecule has 17 heavy (non-hydrogen) atoms. The summed E-state index contributed by atoms with van der Waals surface area (Å²) in [5.74, 6) is 0. The van der Waals surface area contributed by atoms with E-state index in [1.54, 1.807) is 7.11 Å². The molecule has 1 N–H and O–H groups in total. The summed E-state index contributed by atoms with van der Waals surface area (Å²) in [4.78, 5) is 0. The predicted octanol–water partition coefficient (Wildman–Crippen LogP) is 2.06. The quantitative estimate of drug-likeness (QED) is 0.816. The molecular weight excluding hydrogens is 240 g/mol. The minimum atomic E-state index is -0.443. The van der Waals surface area contributed by atoms with Gasteiger partial charge >= 0.3 is 0 Å². The van der Waals surface area contributed by atoms with Crippen molar-refractivity contribution in [1.82, 2.24) is 9.78 Å². The van der Waals surface area contributed by atoms with Crippen LogP contribution < -0.4 is 0 Å². The lowest BCUT2D eigenvalue weighted by Gasteiger charge is -2.10. The molecule has 1 unspecified atom stereocenters. The SMILES string of the molecule is CCc1nn(CC)c(CCC(O)COC)c1Cl. The fourth-order valence-electron chi connectivity index (χ4n) is 1.84. The summed E-state index contributed by atoms with van der Waals surface area (Å²) >= 11 is 6.27. The first-order valence-electron chi connectivity index (χ1n) is 6.05. The second-order valence-corrected chi connectivity index (χ2v) is 4.40. The number of aliphatic hydroxyl groups excluding tert-OH is 1. The number of hydrogen-bond donors (Lipinski definition) is 1. The van der Waals surface area contributed by atoms with E-state index in [9.17, 15) is 5.11 Å². The van der Waals surface area contributed by atoms with Crippen LogP contribution in [0.25, 0.3) is 0 Å². The van der Waals surface area contributed by atoms with Crippen LogP contribution in [0.5, 0.6) is 0 Å². The zero-order chi connectivity index (χ0) is 12.8. The zero-order valence-corrected chi connectivity index (χ0v) is 11.5. The number of rotatable bonds is 7. The van der Waals surface area contributed by atoms with Gasteiger partial charge in [-0.05, 0) is 26.2 Å². The fraction of sp³-hybridized carbons (Fsp3) is 0.750. The minimum Gasteiger partial charge on any atom is -0.391 e. The Balaban J connectivity index is 2.72. The van der Waals surface area contributed by atoms with Gasteiger partial charge in [-0.25, -0.2) is 0 Å². The fourth-order valence-corrected chi connectivity index (χ4v) is 2.20. The maximum Gasteiger partial charge on any atom is 0.0849 e. The van der Waals surface area contributed by atoms with Crippen molar-refractivity contribution < 1.29 is 9.84 Å². The van der Waals surface area contributed by atoms with Crippen LogP contribution in [0.15, 0.2) is 0 Å². The van der Waals surface area contributed by atoms with Gasteiger partial charge in [0, 0.05) is 13.7 Å². The lowest BCUT2D eigenvalue weighted by molar-refractivity contribution is 0.0592. The van der Waals surface area contributed by atoms with E-state index < -0.39 is 6.10 Å². The lowest BCUT2D eigenvalue weighted by atomic mass is 10.1. The summed E-state index contributed by atoms with van der Waals surface area (Å²) in [6, 6.07) is 0. The number of aromatic nitrogens is 2. The van der Waals surface area contributed by atoms with Crippen LogP contribution in [-0.4, -0.2) is 34.7 Å². The van der Waals surface area contributed by atoms with Gasteiger partial charge in [-0.2, -0.15) is 5.10 Å². The summed E-state index contributed by atoms with van der Waals surface area (Å²) < 4.78 is 6.82. The van der Waals surface area contributed by atoms with Crippen molar-refractivity contribution in [3.63, 3.8) is 0 Å². The number of aryl methyl sites for hydroxylation is 2. The van der Waals surface area contributed by atoms with E-state index in [1.165, 1.54) is 0 Å². The van der Waals surface area contributed by atoms with Gasteiger partial charge in [0.25, 0.3) is 0 Å². The molecule has 0 bridgehead atoms. The Morgan fingerprint density at radius 1 is 1.47 bits per heavy atom. The molecule has 0 aliphatic rings. The van der Waals surface area contributed by atoms with Crippen molar-refractivity contribution in [3.05, 3.63) is 16.4 Å². The molecule has 1 rings (SSSR count). The summed E-state index contributed by atoms with van der Waals surface area (Å²) in [6.07, 6.45) is 1.76. The normalized spacial score (nSPS) is 13.0. The van der Waals surface area contributed by atoms with Gasteiger partial charge in [-0.1, -0.05) is 18.5 Å². The maximum absolute atomic E-state index is 9.63. The molecule has 0 aliphatic carbocycles. The first kappa shape index (κ1) is 14.5. The molecule has 0 aliphatic heterocycles. The van der Waals surface area contributed by atoms with Crippen LogP contribution in [-0.2, 0) is 24.1 Å². The molecule has 5 heteroatoms. The summed E-state index contributed by atoms with van der Waals surface area (Å²) in [5.41, 5.74) is 1.95. The largest absolute Gasteiger partial charge is 0.391 e. The summed E-state index contributed by atoms with van der Waals surface area (Å²) in [7, 11) is 1.59. The van der Waals surface area contributed by atoms with Crippen molar-refractivity contribution in [2.24, 2.45) is 0 Å². The molecule has 0 saturated heterocycles. The summed E-state index contributed by atoms with van der Waals surface area (Å²) in [6.45, 7) is 5.24. The Morgan fingerprint density at radius 3 is 2.71 bits per heavy atom. The maximum atomic E-state index is 9.63. The Kier molecular flexibility index (Phi) is 5.95. The number of ether oxygens (including phenoxy) is 1. The van der Waals surface area contributed by atoms with E-state index in [1.807, 2.05) is 18.5 Å². The molecule has 0 saturated carbocycles. The molecule has 98 valence electrons. The first-order chi connectivity index (χ1) is 8.13. The monoisotopic (exact) mass is 260 g/mol. The van der Waals surface area contributed by atoms with E-state index in [4.69, 9.17) is 16.3 Å². The average molecular weight is 261 g/mol. The number of aliphatic hydroxyl groups is 1. The van der Waals surface area contributed by atoms with Gasteiger partial charge < -0.3 is 9.84 Å². The second kappa shape index (κ2) is 6.99. The Hall–Kier alpha value is -0.580. The highest BCUT2D eigenvalue weighted by Gasteiger charge is 2.15. The highest BCUT2D eigenvalue weighted by molar-refractivity contribution is 6.31. The molecule has 0 aromatic carbocycles. The highest BCUT2D eigenvalue weighted by Crippen LogP contribution is 2.23. The van der Waals surface area contributed by atoms with Gasteiger partial charge in [-0.3, -0.25) is 4.68 Å². The van der Waals surface area contributed by atoms with Crippen LogP contribution in [0.3, 0.4) is 0 Å². The van der Waals surface area contributed by atoms with E-state index in [0.717, 1.165) is 35.8 Å². The second-order valence-electron chi connectivity index (χ2n) is 4.02. The van der Waals surface area contributed by atoms with Crippen LogP contribution in [0, 0.1) is 0 Å². The molecule has 0 amide bonds. The Bertz CT molecular complexity index is 353. The topological polar surface area (TPSA) is 47.3 Å². The number of hydrogen-bond acceptors (Lipinski definition) is 3. The van der Waals surface area contributed by atoms with Crippen LogP contribution in [0.1, 0.15) is 31.7 Å². The third kappa shape index (κ3) is 3.69. The standard InChI is InChI=1S/C12H21ClN2O2/c1-4-10-12(13)11(15(5-2)14-10)7-6-9(16)8-17-3/h9,16H,4-8H2,1-3H3. The molecular formula is C12H21ClN2O2. The first-order valence-corrected chi connectivity index (χ1v) is 6.42. The summed E-state index contributed by atoms with van der Waals surface area (Å²) in [5, 5.41) is 14.8. The van der Waals surface area contributed by atoms with E-state index in [2.05, 4.69) is 5.10 Å². The van der Waals surface area contributed by atoms with Crippen LogP contribution in [0.4, 0.5) is 0 Å². The average Bonchev–Trinajstić information content (AvgIpc) is 2.63. The Morgan fingerprint density at radius 2 is 2.18 bits per heavy atom.